The number of allylic oxidation sites excluding steroid dienone is 2. The van der Waals surface area contributed by atoms with E-state index in [1.165, 1.54) is 12.0 Å². The molecule has 10 aliphatic rings. The molecule has 0 spiro atoms. The van der Waals surface area contributed by atoms with Gasteiger partial charge in [-0.3, -0.25) is 9.59 Å². The third kappa shape index (κ3) is 11.6. The fraction of sp³-hybridized carbons (Fsp3) is 0.895. The number of hydrogen-bond donors (Lipinski definition) is 7. The highest BCUT2D eigenvalue weighted by Gasteiger charge is 2.74. The molecule has 2 aliphatic heterocycles. The maximum atomic E-state index is 13.4. The van der Waals surface area contributed by atoms with Crippen LogP contribution in [0.2, 0.25) is 0 Å². The number of nitrogens with zero attached hydrogens (tertiary/aromatic N) is 7. The summed E-state index contributed by atoms with van der Waals surface area (Å²) >= 11 is 0. The number of carboxylic acids is 2. The van der Waals surface area contributed by atoms with E-state index in [0.29, 0.717) is 73.8 Å². The molecule has 0 aromatic carbocycles. The number of H-pyrrole nitrogens is 1. The summed E-state index contributed by atoms with van der Waals surface area (Å²) < 4.78 is 27.1. The number of tetrazole rings is 2. The van der Waals surface area contributed by atoms with Crippen molar-refractivity contribution in [3.05, 3.63) is 23.3 Å². The standard InChI is InChI=1S/C37H62N6O4.C37H63NO4.CH3N5.CH4/c1-10-36(39,11-2)20-47-29-26(43-41-31(38)40-42-43)18-37-21-46-19-33(29,7)27(37)13-12-24-25(37)14-15-35(9)28(30(44)45)32(6,23(5)22(3)4)16-17-34(24,35)8;1-11-36(38,12-2)21-42-30-24(5)19-37-22-41-20-33(30,8)28(37)14-13-26-27(37)15-16-35(10)29(31(39)40)32(7,25(6)23(3)4)17-18-34(26,35)9;2-1-3-5-6-4-1;/h14,22-24,26-29H,10-13,15-21,39H2,1-9H3,(H2,38,41)(H,44,45);15,23-26,28-30H,11-14,16-22,38H2,1-10H3,(H,39,40);(H3,2,3,4,5,6);1H4/t23-,24+,26-,27+,28-,29+,32-,33-,34-,35+,37+;24-,25-,26+,28+,29-,30+,32-,33-,34-,35+,37+;;/m11../s1. The van der Waals surface area contributed by atoms with Crippen molar-refractivity contribution >= 4 is 23.8 Å². The summed E-state index contributed by atoms with van der Waals surface area (Å²) in [6.07, 6.45) is 20.4. The van der Waals surface area contributed by atoms with E-state index >= 15 is 0 Å². The van der Waals surface area contributed by atoms with Crippen molar-refractivity contribution in [3.63, 3.8) is 0 Å². The quantitative estimate of drug-likeness (QED) is 0.0724. The molecule has 96 heavy (non-hydrogen) atoms. The Labute approximate surface area is 577 Å². The molecule has 20 heteroatoms. The topological polar surface area (TPSA) is 314 Å². The Morgan fingerprint density at radius 3 is 1.42 bits per heavy atom. The lowest BCUT2D eigenvalue weighted by molar-refractivity contribution is -0.253. The molecule has 0 radical (unpaired) electrons. The number of nitrogens with two attached hydrogens (primary N) is 4. The molecule has 11 N–H and O–H groups in total. The van der Waals surface area contributed by atoms with Gasteiger partial charge in [0, 0.05) is 32.7 Å². The van der Waals surface area contributed by atoms with E-state index in [1.807, 2.05) is 0 Å². The second kappa shape index (κ2) is 26.7. The third-order valence-electron chi connectivity index (χ3n) is 31.5. The van der Waals surface area contributed by atoms with Crippen molar-refractivity contribution in [2.45, 2.75) is 271 Å². The molecule has 20 nitrogen and oxygen atoms in total. The molecule has 12 rings (SSSR count). The average molecular weight is 1340 g/mol. The SMILES string of the molecule is C.CCC(N)(CC)CO[C@H]1[C@H](C)C[C@@]23COC[C@]1(C)[C@@H]2CC[C@H]1C3=CC[C@@]2(C)[C@H](C(=O)O)[C@@](C)([C@H](C)C(C)C)CC[C@]12C.CCC(N)(CC)CO[C@H]1[C@H](n2nnc(N)n2)C[C@@]23COC[C@]1(C)[C@@H]2CC[C@H]1C3=CC[C@@]2(C)[C@H](C(=O)O)[C@@](C)([C@H](C)C(C)C)CC[C@]12C.Nc1nn[nH]n1. The minimum absolute atomic E-state index is 0. The first-order chi connectivity index (χ1) is 44.3. The first-order valence-corrected chi connectivity index (χ1v) is 37.2. The molecule has 2 aromatic rings. The summed E-state index contributed by atoms with van der Waals surface area (Å²) in [5.41, 5.74) is 25.1. The average Bonchev–Trinajstić information content (AvgIpc) is 0.831. The maximum Gasteiger partial charge on any atom is 0.307 e. The van der Waals surface area contributed by atoms with Crippen LogP contribution in [0.5, 0.6) is 0 Å². The highest BCUT2D eigenvalue weighted by atomic mass is 16.5. The molecule has 2 aromatic heterocycles. The van der Waals surface area contributed by atoms with Crippen molar-refractivity contribution < 1.29 is 38.7 Å². The van der Waals surface area contributed by atoms with E-state index in [1.54, 1.807) is 10.4 Å². The largest absolute Gasteiger partial charge is 0.481 e. The van der Waals surface area contributed by atoms with Crippen LogP contribution in [-0.4, -0.2) is 126 Å². The van der Waals surface area contributed by atoms with Crippen LogP contribution in [0.4, 0.5) is 11.9 Å². The molecule has 2 saturated heterocycles. The van der Waals surface area contributed by atoms with Gasteiger partial charge in [-0.25, -0.2) is 0 Å². The highest BCUT2D eigenvalue weighted by Crippen LogP contribution is 2.78. The Hall–Kier alpha value is -4.08. The molecular formula is C76H132N12O8. The number of carboxylic acid groups (broad SMARTS) is 2. The van der Waals surface area contributed by atoms with Crippen molar-refractivity contribution in [1.82, 2.24) is 40.8 Å². The van der Waals surface area contributed by atoms with Gasteiger partial charge in [0.2, 0.25) is 0 Å². The van der Waals surface area contributed by atoms with Gasteiger partial charge < -0.3 is 52.1 Å². The molecule has 0 unspecified atom stereocenters. The first-order valence-electron chi connectivity index (χ1n) is 37.2. The minimum atomic E-state index is -0.631. The first kappa shape index (κ1) is 76.1. The van der Waals surface area contributed by atoms with E-state index in [0.717, 1.165) is 110 Å². The van der Waals surface area contributed by atoms with E-state index in [-0.39, 0.29) is 109 Å². The number of aromatic amines is 1. The molecule has 4 heterocycles. The molecule has 4 bridgehead atoms. The number of aliphatic carboxylic acids is 2. The van der Waals surface area contributed by atoms with E-state index in [4.69, 9.17) is 41.9 Å². The number of aromatic nitrogens is 8. The monoisotopic (exact) mass is 1340 g/mol. The highest BCUT2D eigenvalue weighted by molar-refractivity contribution is 5.74. The lowest BCUT2D eigenvalue weighted by atomic mass is 9.34. The van der Waals surface area contributed by atoms with E-state index in [2.05, 4.69) is 180 Å². The number of fused-ring (bicyclic) bond motifs is 6. The zero-order chi connectivity index (χ0) is 69.9. The van der Waals surface area contributed by atoms with Gasteiger partial charge in [-0.2, -0.15) is 10.0 Å². The van der Waals surface area contributed by atoms with Crippen molar-refractivity contribution in [2.24, 2.45) is 131 Å². The van der Waals surface area contributed by atoms with Gasteiger partial charge in [0.25, 0.3) is 11.9 Å². The molecule has 6 saturated carbocycles. The van der Waals surface area contributed by atoms with Crippen molar-refractivity contribution in [2.75, 3.05) is 51.1 Å². The van der Waals surface area contributed by atoms with Crippen LogP contribution >= 0.6 is 0 Å². The zero-order valence-electron chi connectivity index (χ0n) is 62.1. The number of rotatable bonds is 17. The van der Waals surface area contributed by atoms with Crippen LogP contribution in [0, 0.1) is 119 Å². The molecule has 8 aliphatic carbocycles. The van der Waals surface area contributed by atoms with Gasteiger partial charge in [0.15, 0.2) is 0 Å². The summed E-state index contributed by atoms with van der Waals surface area (Å²) in [5, 5.41) is 47.1. The Bertz CT molecular complexity index is 3130. The van der Waals surface area contributed by atoms with E-state index < -0.39 is 23.4 Å². The van der Waals surface area contributed by atoms with Crippen molar-refractivity contribution in [3.8, 4) is 0 Å². The number of ether oxygens (including phenoxy) is 4. The predicted molar refractivity (Wildman–Crippen MR) is 377 cm³/mol. The Morgan fingerprint density at radius 1 is 0.625 bits per heavy atom. The molecule has 22 atom stereocenters. The Balaban J connectivity index is 0.000000206. The number of anilines is 2. The second-order valence-corrected chi connectivity index (χ2v) is 36.0. The molecule has 8 fully saturated rings. The zero-order valence-corrected chi connectivity index (χ0v) is 62.1. The number of hydrogen-bond acceptors (Lipinski definition) is 16. The molecule has 544 valence electrons. The summed E-state index contributed by atoms with van der Waals surface area (Å²) in [6.45, 7) is 47.4. The Kier molecular flexibility index (Phi) is 21.2. The molecule has 0 amide bonds. The number of nitrogen functional groups attached to an aromatic ring is 2. The van der Waals surface area contributed by atoms with E-state index in [9.17, 15) is 19.8 Å². The number of nitrogens with one attached hydrogen (secondary N) is 1. The van der Waals surface area contributed by atoms with Crippen molar-refractivity contribution in [1.29, 1.82) is 0 Å². The fourth-order valence-corrected chi connectivity index (χ4v) is 24.5. The maximum absolute atomic E-state index is 13.4. The predicted octanol–water partition coefficient (Wildman–Crippen LogP) is 13.8. The van der Waals surface area contributed by atoms with Gasteiger partial charge in [-0.05, 0) is 199 Å². The van der Waals surface area contributed by atoms with Crippen LogP contribution in [0.3, 0.4) is 0 Å². The summed E-state index contributed by atoms with van der Waals surface area (Å²) in [7, 11) is 0. The summed E-state index contributed by atoms with van der Waals surface area (Å²) in [6, 6.07) is -0.183. The van der Waals surface area contributed by atoms with Crippen LogP contribution in [0.15, 0.2) is 23.3 Å². The summed E-state index contributed by atoms with van der Waals surface area (Å²) in [4.78, 5) is 28.4. The minimum Gasteiger partial charge on any atom is -0.481 e. The van der Waals surface area contributed by atoms with Crippen LogP contribution < -0.4 is 22.9 Å². The Morgan fingerprint density at radius 2 is 1.05 bits per heavy atom. The fourth-order valence-electron chi connectivity index (χ4n) is 24.5. The normalized spacial score (nSPS) is 42.8. The smallest absolute Gasteiger partial charge is 0.307 e. The van der Waals surface area contributed by atoms with Gasteiger partial charge in [0.05, 0.1) is 63.7 Å². The summed E-state index contributed by atoms with van der Waals surface area (Å²) in [5.74, 6) is 1.90. The second-order valence-electron chi connectivity index (χ2n) is 36.0. The lowest BCUT2D eigenvalue weighted by Gasteiger charge is -2.71. The number of carbonyl (C=O) groups is 2. The van der Waals surface area contributed by atoms with Gasteiger partial charge in [-0.15, -0.1) is 10.2 Å². The van der Waals surface area contributed by atoms with Crippen LogP contribution in [0.1, 0.15) is 248 Å². The van der Waals surface area contributed by atoms with Gasteiger partial charge in [-0.1, -0.05) is 172 Å². The lowest BCUT2D eigenvalue weighted by Crippen LogP contribution is -2.69. The van der Waals surface area contributed by atoms with Crippen LogP contribution in [0.25, 0.3) is 0 Å². The van der Waals surface area contributed by atoms with Crippen LogP contribution in [-0.2, 0) is 28.5 Å². The third-order valence-corrected chi connectivity index (χ3v) is 31.5. The molecular weight excluding hydrogens is 1210 g/mol. The van der Waals surface area contributed by atoms with Gasteiger partial charge >= 0.3 is 11.9 Å². The van der Waals surface area contributed by atoms with Gasteiger partial charge in [0.1, 0.15) is 6.04 Å².